The molecule has 1 amide bonds. The van der Waals surface area contributed by atoms with E-state index >= 15 is 0 Å². The van der Waals surface area contributed by atoms with E-state index in [4.69, 9.17) is 0 Å². The highest BCUT2D eigenvalue weighted by molar-refractivity contribution is 9.10. The molecule has 3 aromatic carbocycles. The van der Waals surface area contributed by atoms with Crippen LogP contribution < -0.4 is 0 Å². The molecule has 0 saturated carbocycles. The first kappa shape index (κ1) is 18.8. The van der Waals surface area contributed by atoms with Crippen molar-refractivity contribution in [1.82, 2.24) is 0 Å². The molecule has 0 bridgehead atoms. The van der Waals surface area contributed by atoms with Crippen LogP contribution in [0.3, 0.4) is 0 Å². The Bertz CT molecular complexity index is 1210. The monoisotopic (exact) mass is 461 g/mol. The summed E-state index contributed by atoms with van der Waals surface area (Å²) in [4.78, 5) is 19.5. The van der Waals surface area contributed by atoms with Gasteiger partial charge in [-0.3, -0.25) is 4.79 Å². The molecule has 0 unspecified atom stereocenters. The number of amides is 1. The number of aliphatic imine (C=N–C) groups is 1. The van der Waals surface area contributed by atoms with E-state index in [1.807, 2.05) is 0 Å². The van der Waals surface area contributed by atoms with Crippen LogP contribution in [0.4, 0.5) is 0 Å². The largest absolute Gasteiger partial charge is 0.274 e. The van der Waals surface area contributed by atoms with Crippen molar-refractivity contribution in [2.75, 3.05) is 0 Å². The zero-order valence-corrected chi connectivity index (χ0v) is 18.6. The first-order valence-corrected chi connectivity index (χ1v) is 11.6. The lowest BCUT2D eigenvalue weighted by molar-refractivity contribution is -0.114. The fourth-order valence-electron chi connectivity index (χ4n) is 4.25. The number of halogens is 1. The van der Waals surface area contributed by atoms with Gasteiger partial charge in [-0.1, -0.05) is 71.7 Å². The summed E-state index contributed by atoms with van der Waals surface area (Å²) in [5.74, 6) is -0.0397. The fraction of sp³-hybridized carbons (Fsp3) is 0.200. The maximum Gasteiger partial charge on any atom is 0.274 e. The van der Waals surface area contributed by atoms with Crippen LogP contribution in [-0.2, 0) is 4.79 Å². The normalized spacial score (nSPS) is 14.7. The number of unbranched alkanes of at least 4 members (excludes halogenated alkanes) is 2. The van der Waals surface area contributed by atoms with Gasteiger partial charge in [0.05, 0.1) is 5.71 Å². The number of carbonyl (C=O) groups excluding carboxylic acids is 1. The zero-order valence-electron chi connectivity index (χ0n) is 16.2. The summed E-state index contributed by atoms with van der Waals surface area (Å²) in [6.07, 6.45) is 4.15. The summed E-state index contributed by atoms with van der Waals surface area (Å²) < 4.78 is 1.08. The molecule has 0 fully saturated rings. The molecule has 0 spiro atoms. The van der Waals surface area contributed by atoms with E-state index in [9.17, 15) is 4.79 Å². The molecular weight excluding hydrogens is 442 g/mol. The van der Waals surface area contributed by atoms with Crippen LogP contribution in [-0.4, -0.2) is 11.6 Å². The number of nitrogens with zero attached hydrogens (tertiary/aromatic N) is 1. The maximum atomic E-state index is 12.6. The van der Waals surface area contributed by atoms with E-state index in [0.717, 1.165) is 52.6 Å². The molecule has 1 aliphatic carbocycles. The van der Waals surface area contributed by atoms with Crippen molar-refractivity contribution in [1.29, 1.82) is 0 Å². The first-order chi connectivity index (χ1) is 14.2. The zero-order chi connectivity index (χ0) is 20.0. The van der Waals surface area contributed by atoms with Crippen LogP contribution in [0, 0.1) is 0 Å². The Morgan fingerprint density at radius 1 is 0.966 bits per heavy atom. The van der Waals surface area contributed by atoms with Crippen molar-refractivity contribution in [2.45, 2.75) is 42.4 Å². The lowest BCUT2D eigenvalue weighted by atomic mass is 9.97. The predicted octanol–water partition coefficient (Wildman–Crippen LogP) is 7.43. The van der Waals surface area contributed by atoms with Crippen molar-refractivity contribution < 1.29 is 4.79 Å². The lowest BCUT2D eigenvalue weighted by Crippen LogP contribution is -1.97. The summed E-state index contributed by atoms with van der Waals surface area (Å²) in [6, 6.07) is 19.1. The lowest BCUT2D eigenvalue weighted by Gasteiger charge is -2.10. The molecular formula is C25H20BrNOS. The number of allylic oxidation sites excluding steroid dienone is 1. The van der Waals surface area contributed by atoms with Gasteiger partial charge in [-0.2, -0.15) is 0 Å². The number of hydrogen-bond acceptors (Lipinski definition) is 2. The molecule has 0 N–H and O–H groups in total. The molecule has 2 aliphatic rings. The van der Waals surface area contributed by atoms with Gasteiger partial charge in [-0.25, -0.2) is 4.99 Å². The summed E-state index contributed by atoms with van der Waals surface area (Å²) in [7, 11) is 0. The summed E-state index contributed by atoms with van der Waals surface area (Å²) >= 11 is 5.28. The van der Waals surface area contributed by atoms with Gasteiger partial charge in [0.2, 0.25) is 0 Å². The Balaban J connectivity index is 1.61. The molecule has 29 heavy (non-hydrogen) atoms. The molecule has 1 aliphatic heterocycles. The fourth-order valence-corrected chi connectivity index (χ4v) is 5.45. The SMILES string of the molecule is CCCCCC1=C2C(=NC1=O)c1cccc3c(Sc4ccc(Br)cc4)ccc2c13. The quantitative estimate of drug-likeness (QED) is 0.357. The van der Waals surface area contributed by atoms with E-state index < -0.39 is 0 Å². The van der Waals surface area contributed by atoms with Gasteiger partial charge in [-0.05, 0) is 54.1 Å². The van der Waals surface area contributed by atoms with Crippen LogP contribution in [0.15, 0.2) is 79.4 Å². The average Bonchev–Trinajstić information content (AvgIpc) is 3.21. The van der Waals surface area contributed by atoms with E-state index in [2.05, 4.69) is 82.4 Å². The third kappa shape index (κ3) is 3.19. The molecule has 3 aromatic rings. The van der Waals surface area contributed by atoms with Gasteiger partial charge in [0, 0.05) is 36.4 Å². The molecule has 2 nitrogen and oxygen atoms in total. The van der Waals surface area contributed by atoms with Gasteiger partial charge in [0.25, 0.3) is 5.91 Å². The molecule has 5 rings (SSSR count). The molecule has 1 heterocycles. The molecule has 0 aromatic heterocycles. The second kappa shape index (κ2) is 7.58. The van der Waals surface area contributed by atoms with E-state index in [1.165, 1.54) is 26.1 Å². The van der Waals surface area contributed by atoms with Gasteiger partial charge in [0.1, 0.15) is 0 Å². The van der Waals surface area contributed by atoms with Crippen molar-refractivity contribution >= 4 is 55.7 Å². The molecule has 4 heteroatoms. The summed E-state index contributed by atoms with van der Waals surface area (Å²) in [6.45, 7) is 2.19. The van der Waals surface area contributed by atoms with E-state index in [-0.39, 0.29) is 5.91 Å². The topological polar surface area (TPSA) is 29.4 Å². The molecule has 0 atom stereocenters. The Morgan fingerprint density at radius 2 is 1.79 bits per heavy atom. The van der Waals surface area contributed by atoms with Crippen LogP contribution in [0.5, 0.6) is 0 Å². The van der Waals surface area contributed by atoms with Crippen molar-refractivity contribution in [3.8, 4) is 0 Å². The minimum atomic E-state index is -0.0397. The highest BCUT2D eigenvalue weighted by Gasteiger charge is 2.35. The molecule has 0 radical (unpaired) electrons. The molecule has 0 saturated heterocycles. The van der Waals surface area contributed by atoms with Gasteiger partial charge >= 0.3 is 0 Å². The average molecular weight is 462 g/mol. The minimum Gasteiger partial charge on any atom is -0.267 e. The number of carbonyl (C=O) groups is 1. The third-order valence-corrected chi connectivity index (χ3v) is 7.22. The summed E-state index contributed by atoms with van der Waals surface area (Å²) in [5.41, 5.74) is 5.14. The highest BCUT2D eigenvalue weighted by Crippen LogP contribution is 2.46. The van der Waals surface area contributed by atoms with Crippen LogP contribution in [0.1, 0.15) is 43.7 Å². The van der Waals surface area contributed by atoms with E-state index in [1.54, 1.807) is 11.8 Å². The Morgan fingerprint density at radius 3 is 2.59 bits per heavy atom. The maximum absolute atomic E-state index is 12.6. The standard InChI is InChI=1S/C25H20BrNOS/c1-2-3-4-6-20-23-18-13-14-21(29-16-11-9-15(26)10-12-16)17-7-5-8-19(22(17)18)24(23)27-25(20)28/h5,7-14H,2-4,6H2,1H3. The van der Waals surface area contributed by atoms with Gasteiger partial charge in [0.15, 0.2) is 0 Å². The van der Waals surface area contributed by atoms with Crippen molar-refractivity contribution in [3.63, 3.8) is 0 Å². The number of rotatable bonds is 6. The number of hydrogen-bond donors (Lipinski definition) is 0. The van der Waals surface area contributed by atoms with Crippen LogP contribution >= 0.6 is 27.7 Å². The van der Waals surface area contributed by atoms with E-state index in [0.29, 0.717) is 0 Å². The second-order valence-electron chi connectivity index (χ2n) is 7.47. The highest BCUT2D eigenvalue weighted by atomic mass is 79.9. The second-order valence-corrected chi connectivity index (χ2v) is 9.50. The number of benzene rings is 3. The Kier molecular flexibility index (Phi) is 4.92. The van der Waals surface area contributed by atoms with Crippen LogP contribution in [0.25, 0.3) is 16.3 Å². The minimum absolute atomic E-state index is 0.0397. The number of fused-ring (bicyclic) bond motifs is 3. The predicted molar refractivity (Wildman–Crippen MR) is 125 cm³/mol. The molecule has 144 valence electrons. The summed E-state index contributed by atoms with van der Waals surface area (Å²) in [5, 5.41) is 2.47. The Labute approximate surface area is 183 Å². The van der Waals surface area contributed by atoms with Crippen LogP contribution in [0.2, 0.25) is 0 Å². The third-order valence-electron chi connectivity index (χ3n) is 5.61. The first-order valence-electron chi connectivity index (χ1n) is 10.0. The Hall–Kier alpha value is -2.17. The smallest absolute Gasteiger partial charge is 0.267 e. The van der Waals surface area contributed by atoms with Crippen molar-refractivity contribution in [2.24, 2.45) is 4.99 Å². The van der Waals surface area contributed by atoms with Gasteiger partial charge in [-0.15, -0.1) is 0 Å². The van der Waals surface area contributed by atoms with Crippen molar-refractivity contribution in [3.05, 3.63) is 75.8 Å². The van der Waals surface area contributed by atoms with Gasteiger partial charge < -0.3 is 0 Å².